The van der Waals surface area contributed by atoms with E-state index in [-0.39, 0.29) is 24.4 Å². The van der Waals surface area contributed by atoms with Crippen molar-refractivity contribution >= 4 is 46.0 Å². The molecule has 2 aromatic carbocycles. The Morgan fingerprint density at radius 3 is 2.49 bits per heavy atom. The summed E-state index contributed by atoms with van der Waals surface area (Å²) in [5.41, 5.74) is 2.39. The molecule has 1 aliphatic rings. The molecule has 0 saturated heterocycles. The van der Waals surface area contributed by atoms with Crippen LogP contribution in [0.2, 0.25) is 0 Å². The molecule has 2 amide bonds. The van der Waals surface area contributed by atoms with E-state index in [1.807, 2.05) is 24.3 Å². The maximum atomic E-state index is 13.8. The molecule has 0 aliphatic heterocycles. The van der Waals surface area contributed by atoms with Gasteiger partial charge < -0.3 is 15.0 Å². The van der Waals surface area contributed by atoms with Crippen LogP contribution in [0.25, 0.3) is 10.9 Å². The van der Waals surface area contributed by atoms with E-state index in [0.717, 1.165) is 36.6 Å². The fourth-order valence-electron chi connectivity index (χ4n) is 4.72. The van der Waals surface area contributed by atoms with Crippen molar-refractivity contribution in [1.82, 2.24) is 10.3 Å². The van der Waals surface area contributed by atoms with Gasteiger partial charge in [0.15, 0.2) is 0 Å². The molecule has 1 saturated carbocycles. The van der Waals surface area contributed by atoms with Crippen LogP contribution in [0.1, 0.15) is 61.0 Å². The topological polar surface area (TPSA) is 91.5 Å². The fraction of sp³-hybridized carbons (Fsp3) is 0.370. The maximum Gasteiger partial charge on any atom is 0.338 e. The van der Waals surface area contributed by atoms with E-state index in [2.05, 4.69) is 10.3 Å². The first kappa shape index (κ1) is 24.8. The average Bonchev–Trinajstić information content (AvgIpc) is 3.31. The Bertz CT molecular complexity index is 1180. The molecule has 1 aliphatic carbocycles. The molecular formula is C27H30ClN3O4. The van der Waals surface area contributed by atoms with E-state index in [4.69, 9.17) is 16.3 Å². The van der Waals surface area contributed by atoms with Gasteiger partial charge in [0.05, 0.1) is 12.2 Å². The van der Waals surface area contributed by atoms with Crippen LogP contribution < -0.4 is 10.2 Å². The second kappa shape index (κ2) is 11.4. The number of H-pyrrole nitrogens is 1. The van der Waals surface area contributed by atoms with Crippen LogP contribution in [0.3, 0.4) is 0 Å². The van der Waals surface area contributed by atoms with Crippen LogP contribution in [0, 0.1) is 0 Å². The number of nitrogens with zero attached hydrogens (tertiary/aromatic N) is 1. The summed E-state index contributed by atoms with van der Waals surface area (Å²) in [4.78, 5) is 43.8. The van der Waals surface area contributed by atoms with Crippen molar-refractivity contribution in [2.75, 3.05) is 17.4 Å². The number of amides is 2. The monoisotopic (exact) mass is 495 g/mol. The SMILES string of the molecule is CCOC(=O)c1ccc(N(C(=O)CCl)C(C(=O)NC2CCCCC2)c2c[nH]c3ccccc23)cc1. The number of anilines is 1. The summed E-state index contributed by atoms with van der Waals surface area (Å²) < 4.78 is 5.07. The van der Waals surface area contributed by atoms with Crippen LogP contribution in [-0.4, -0.2) is 41.3 Å². The van der Waals surface area contributed by atoms with Crippen molar-refractivity contribution < 1.29 is 19.1 Å². The number of alkyl halides is 1. The lowest BCUT2D eigenvalue weighted by Gasteiger charge is -2.33. The number of hydrogen-bond donors (Lipinski definition) is 2. The lowest BCUT2D eigenvalue weighted by atomic mass is 9.94. The molecule has 0 bridgehead atoms. The van der Waals surface area contributed by atoms with Crippen molar-refractivity contribution in [1.29, 1.82) is 0 Å². The molecular weight excluding hydrogens is 466 g/mol. The molecule has 1 atom stereocenters. The standard InChI is InChI=1S/C27H30ClN3O4/c1-2-35-27(34)18-12-14-20(15-13-18)31(24(32)16-28)25(26(33)30-19-8-4-3-5-9-19)22-17-29-23-11-7-6-10-21(22)23/h6-7,10-15,17,19,25,29H,2-5,8-9,16H2,1H3,(H,30,33). The Kier molecular flexibility index (Phi) is 8.08. The number of ether oxygens (including phenoxy) is 1. The van der Waals surface area contributed by atoms with E-state index < -0.39 is 17.9 Å². The molecule has 0 spiro atoms. The zero-order chi connectivity index (χ0) is 24.8. The van der Waals surface area contributed by atoms with E-state index in [1.165, 1.54) is 11.3 Å². The second-order valence-corrected chi connectivity index (χ2v) is 8.97. The number of para-hydroxylation sites is 1. The Morgan fingerprint density at radius 1 is 1.09 bits per heavy atom. The predicted octanol–water partition coefficient (Wildman–Crippen LogP) is 5.11. The summed E-state index contributed by atoms with van der Waals surface area (Å²) in [5, 5.41) is 4.04. The van der Waals surface area contributed by atoms with E-state index >= 15 is 0 Å². The van der Waals surface area contributed by atoms with Gasteiger partial charge in [-0.05, 0) is 50.1 Å². The van der Waals surface area contributed by atoms with Gasteiger partial charge in [0.1, 0.15) is 11.9 Å². The maximum absolute atomic E-state index is 13.8. The molecule has 2 N–H and O–H groups in total. The number of rotatable bonds is 8. The first-order chi connectivity index (χ1) is 17.0. The molecule has 8 heteroatoms. The first-order valence-electron chi connectivity index (χ1n) is 12.0. The molecule has 1 heterocycles. The van der Waals surface area contributed by atoms with Crippen molar-refractivity contribution in [3.05, 3.63) is 65.9 Å². The van der Waals surface area contributed by atoms with Crippen LogP contribution >= 0.6 is 11.6 Å². The summed E-state index contributed by atoms with van der Waals surface area (Å²) in [6, 6.07) is 13.3. The molecule has 4 rings (SSSR count). The number of nitrogens with one attached hydrogen (secondary N) is 2. The number of carbonyl (C=O) groups excluding carboxylic acids is 3. The normalized spacial score (nSPS) is 14.9. The number of carbonyl (C=O) groups is 3. The zero-order valence-corrected chi connectivity index (χ0v) is 20.5. The molecule has 1 fully saturated rings. The lowest BCUT2D eigenvalue weighted by molar-refractivity contribution is -0.126. The Labute approximate surface area is 209 Å². The predicted molar refractivity (Wildman–Crippen MR) is 137 cm³/mol. The quantitative estimate of drug-likeness (QED) is 0.335. The average molecular weight is 496 g/mol. The van der Waals surface area contributed by atoms with Crippen LogP contribution in [0.4, 0.5) is 5.69 Å². The molecule has 35 heavy (non-hydrogen) atoms. The third kappa shape index (κ3) is 5.51. The zero-order valence-electron chi connectivity index (χ0n) is 19.8. The van der Waals surface area contributed by atoms with Crippen LogP contribution in [0.5, 0.6) is 0 Å². The number of fused-ring (bicyclic) bond motifs is 1. The highest BCUT2D eigenvalue weighted by atomic mass is 35.5. The van der Waals surface area contributed by atoms with Gasteiger partial charge in [-0.3, -0.25) is 14.5 Å². The second-order valence-electron chi connectivity index (χ2n) is 8.70. The number of hydrogen-bond acceptors (Lipinski definition) is 4. The van der Waals surface area contributed by atoms with Crippen molar-refractivity contribution in [2.45, 2.75) is 51.1 Å². The van der Waals surface area contributed by atoms with Crippen LogP contribution in [0.15, 0.2) is 54.7 Å². The van der Waals surface area contributed by atoms with Gasteiger partial charge in [-0.15, -0.1) is 11.6 Å². The number of aromatic nitrogens is 1. The van der Waals surface area contributed by atoms with Crippen molar-refractivity contribution in [3.63, 3.8) is 0 Å². The number of esters is 1. The molecule has 184 valence electrons. The lowest BCUT2D eigenvalue weighted by Crippen LogP contribution is -2.47. The highest BCUT2D eigenvalue weighted by Gasteiger charge is 2.35. The fourth-order valence-corrected chi connectivity index (χ4v) is 4.85. The third-order valence-corrected chi connectivity index (χ3v) is 6.64. The van der Waals surface area contributed by atoms with Crippen molar-refractivity contribution in [3.8, 4) is 0 Å². The summed E-state index contributed by atoms with van der Waals surface area (Å²) in [5.74, 6) is -1.41. The van der Waals surface area contributed by atoms with Gasteiger partial charge in [0.2, 0.25) is 11.8 Å². The van der Waals surface area contributed by atoms with E-state index in [9.17, 15) is 14.4 Å². The van der Waals surface area contributed by atoms with E-state index in [1.54, 1.807) is 37.4 Å². The summed E-state index contributed by atoms with van der Waals surface area (Å²) in [6.45, 7) is 2.01. The van der Waals surface area contributed by atoms with Gasteiger partial charge >= 0.3 is 5.97 Å². The minimum Gasteiger partial charge on any atom is -0.462 e. The number of benzene rings is 2. The van der Waals surface area contributed by atoms with Gasteiger partial charge in [0.25, 0.3) is 0 Å². The number of aromatic amines is 1. The summed E-state index contributed by atoms with van der Waals surface area (Å²) >= 11 is 6.04. The third-order valence-electron chi connectivity index (χ3n) is 6.41. The van der Waals surface area contributed by atoms with Gasteiger partial charge in [-0.25, -0.2) is 4.79 Å². The Morgan fingerprint density at radius 2 is 1.80 bits per heavy atom. The van der Waals surface area contributed by atoms with E-state index in [0.29, 0.717) is 16.8 Å². The van der Waals surface area contributed by atoms with Crippen LogP contribution in [-0.2, 0) is 14.3 Å². The minimum atomic E-state index is -0.937. The smallest absolute Gasteiger partial charge is 0.338 e. The molecule has 3 aromatic rings. The first-order valence-corrected chi connectivity index (χ1v) is 12.6. The largest absolute Gasteiger partial charge is 0.462 e. The molecule has 0 radical (unpaired) electrons. The number of halogens is 1. The van der Waals surface area contributed by atoms with Gasteiger partial charge in [0, 0.05) is 34.4 Å². The van der Waals surface area contributed by atoms with Crippen molar-refractivity contribution in [2.24, 2.45) is 0 Å². The molecule has 1 unspecified atom stereocenters. The highest BCUT2D eigenvalue weighted by Crippen LogP contribution is 2.33. The minimum absolute atomic E-state index is 0.0723. The highest BCUT2D eigenvalue weighted by molar-refractivity contribution is 6.30. The Balaban J connectivity index is 1.76. The molecule has 7 nitrogen and oxygen atoms in total. The van der Waals surface area contributed by atoms with Gasteiger partial charge in [-0.2, -0.15) is 0 Å². The van der Waals surface area contributed by atoms with Gasteiger partial charge in [-0.1, -0.05) is 37.5 Å². The molecule has 1 aromatic heterocycles. The summed E-state index contributed by atoms with van der Waals surface area (Å²) in [7, 11) is 0. The Hall–Kier alpha value is -3.32. The summed E-state index contributed by atoms with van der Waals surface area (Å²) in [6.07, 6.45) is 6.93.